The van der Waals surface area contributed by atoms with Gasteiger partial charge in [-0.3, -0.25) is 4.90 Å². The molecule has 4 rings (SSSR count). The molecule has 2 aliphatic rings. The average Bonchev–Trinajstić information content (AvgIpc) is 3.11. The predicted octanol–water partition coefficient (Wildman–Crippen LogP) is 4.32. The van der Waals surface area contributed by atoms with Gasteiger partial charge in [-0.2, -0.15) is 0 Å². The van der Waals surface area contributed by atoms with Gasteiger partial charge in [0.1, 0.15) is 0 Å². The molecule has 1 amide bonds. The minimum Gasteiger partial charge on any atom is -0.465 e. The number of aliphatic hydroxyl groups is 1. The first-order valence-corrected chi connectivity index (χ1v) is 10.8. The Labute approximate surface area is 164 Å². The van der Waals surface area contributed by atoms with Crippen LogP contribution in [0.1, 0.15) is 49.4 Å². The number of amides is 1. The molecule has 2 fully saturated rings. The van der Waals surface area contributed by atoms with Crippen molar-refractivity contribution in [3.63, 3.8) is 0 Å². The lowest BCUT2D eigenvalue weighted by atomic mass is 9.80. The maximum Gasteiger partial charge on any atom is 0.407 e. The summed E-state index contributed by atoms with van der Waals surface area (Å²) in [6.07, 6.45) is 5.08. The van der Waals surface area contributed by atoms with Gasteiger partial charge in [-0.05, 0) is 36.8 Å². The van der Waals surface area contributed by atoms with Crippen LogP contribution in [0.5, 0.6) is 0 Å². The minimum absolute atomic E-state index is 0.154. The summed E-state index contributed by atoms with van der Waals surface area (Å²) in [6.45, 7) is 2.52. The molecule has 1 aliphatic carbocycles. The van der Waals surface area contributed by atoms with Crippen molar-refractivity contribution in [1.29, 1.82) is 0 Å². The summed E-state index contributed by atoms with van der Waals surface area (Å²) in [5.74, 6) is 0. The molecule has 0 radical (unpaired) electrons. The van der Waals surface area contributed by atoms with Crippen LogP contribution in [-0.4, -0.2) is 57.9 Å². The van der Waals surface area contributed by atoms with E-state index < -0.39 is 11.7 Å². The Balaban J connectivity index is 1.59. The maximum absolute atomic E-state index is 11.3. The maximum atomic E-state index is 11.3. The van der Waals surface area contributed by atoms with Crippen molar-refractivity contribution >= 4 is 27.5 Å². The van der Waals surface area contributed by atoms with E-state index in [1.165, 1.54) is 26.3 Å². The first-order valence-electron chi connectivity index (χ1n) is 9.97. The van der Waals surface area contributed by atoms with Crippen molar-refractivity contribution in [3.8, 4) is 0 Å². The lowest BCUT2D eigenvalue weighted by Gasteiger charge is -2.42. The van der Waals surface area contributed by atoms with E-state index in [4.69, 9.17) is 0 Å². The van der Waals surface area contributed by atoms with Gasteiger partial charge in [0, 0.05) is 41.8 Å². The molecule has 1 atom stereocenters. The lowest BCUT2D eigenvalue weighted by molar-refractivity contribution is -0.0329. The van der Waals surface area contributed by atoms with Gasteiger partial charge >= 0.3 is 6.09 Å². The summed E-state index contributed by atoms with van der Waals surface area (Å²) >= 11 is 1.81. The van der Waals surface area contributed by atoms with Gasteiger partial charge in [0.15, 0.2) is 0 Å². The van der Waals surface area contributed by atoms with Gasteiger partial charge in [-0.1, -0.05) is 37.5 Å². The third kappa shape index (κ3) is 4.13. The number of fused-ring (bicyclic) bond motifs is 1. The highest BCUT2D eigenvalue weighted by molar-refractivity contribution is 7.19. The smallest absolute Gasteiger partial charge is 0.407 e. The molecule has 1 saturated carbocycles. The standard InChI is InChI=1S/C21H28N2O3S/c24-20(25)23-12-10-22(11-13-23)17(15-21(26)8-4-1-5-9-21)19-14-16-6-2-3-7-18(16)27-19/h2-3,6-7,14,17,26H,1,4-5,8-13,15H2,(H,24,25). The zero-order valence-corrected chi connectivity index (χ0v) is 16.5. The second kappa shape index (κ2) is 7.78. The molecule has 6 heteroatoms. The summed E-state index contributed by atoms with van der Waals surface area (Å²) in [5, 5.41) is 21.7. The van der Waals surface area contributed by atoms with Crippen LogP contribution in [-0.2, 0) is 0 Å². The Hall–Kier alpha value is -1.63. The van der Waals surface area contributed by atoms with Crippen LogP contribution in [0.3, 0.4) is 0 Å². The molecule has 1 unspecified atom stereocenters. The molecule has 146 valence electrons. The number of hydrogen-bond acceptors (Lipinski definition) is 4. The topological polar surface area (TPSA) is 64.0 Å². The number of carboxylic acid groups (broad SMARTS) is 1. The minimum atomic E-state index is -0.834. The van der Waals surface area contributed by atoms with Gasteiger partial charge in [0.2, 0.25) is 0 Å². The van der Waals surface area contributed by atoms with Crippen LogP contribution in [0.25, 0.3) is 10.1 Å². The number of carbonyl (C=O) groups is 1. The highest BCUT2D eigenvalue weighted by Gasteiger charge is 2.37. The SMILES string of the molecule is O=C(O)N1CCN(C(CC2(O)CCCCC2)c2cc3ccccc3s2)CC1. The van der Waals surface area contributed by atoms with E-state index in [0.717, 1.165) is 45.2 Å². The molecular weight excluding hydrogens is 360 g/mol. The van der Waals surface area contributed by atoms with Crippen molar-refractivity contribution in [2.45, 2.75) is 50.2 Å². The predicted molar refractivity (Wildman–Crippen MR) is 108 cm³/mol. The second-order valence-electron chi connectivity index (χ2n) is 8.00. The van der Waals surface area contributed by atoms with E-state index >= 15 is 0 Å². The fourth-order valence-corrected chi connectivity index (χ4v) is 5.77. The third-order valence-corrected chi connectivity index (χ3v) is 7.37. The Morgan fingerprint density at radius 1 is 1.11 bits per heavy atom. The summed E-state index contributed by atoms with van der Waals surface area (Å²) in [5.41, 5.74) is -0.594. The molecule has 1 saturated heterocycles. The van der Waals surface area contributed by atoms with Crippen molar-refractivity contribution in [1.82, 2.24) is 9.80 Å². The lowest BCUT2D eigenvalue weighted by Crippen LogP contribution is -2.50. The van der Waals surface area contributed by atoms with Gasteiger partial charge in [0.05, 0.1) is 5.60 Å². The Kier molecular flexibility index (Phi) is 5.39. The van der Waals surface area contributed by atoms with Crippen molar-refractivity contribution in [3.05, 3.63) is 35.2 Å². The average molecular weight is 389 g/mol. The van der Waals surface area contributed by atoms with Gasteiger partial charge in [-0.25, -0.2) is 4.79 Å². The highest BCUT2D eigenvalue weighted by Crippen LogP contribution is 2.41. The van der Waals surface area contributed by atoms with Crippen molar-refractivity contribution in [2.24, 2.45) is 0 Å². The zero-order valence-electron chi connectivity index (χ0n) is 15.6. The van der Waals surface area contributed by atoms with Crippen LogP contribution in [0.15, 0.2) is 30.3 Å². The molecule has 2 aromatic rings. The summed E-state index contributed by atoms with van der Waals surface area (Å²) < 4.78 is 1.28. The molecule has 5 nitrogen and oxygen atoms in total. The fourth-order valence-electron chi connectivity index (χ4n) is 4.58. The normalized spacial score (nSPS) is 22.0. The van der Waals surface area contributed by atoms with Crippen molar-refractivity contribution < 1.29 is 15.0 Å². The molecule has 2 N–H and O–H groups in total. The molecule has 0 spiro atoms. The van der Waals surface area contributed by atoms with Crippen LogP contribution < -0.4 is 0 Å². The number of benzene rings is 1. The van der Waals surface area contributed by atoms with Crippen LogP contribution >= 0.6 is 11.3 Å². The van der Waals surface area contributed by atoms with E-state index in [2.05, 4.69) is 35.2 Å². The van der Waals surface area contributed by atoms with Gasteiger partial charge in [0.25, 0.3) is 0 Å². The Morgan fingerprint density at radius 2 is 1.81 bits per heavy atom. The van der Waals surface area contributed by atoms with E-state index in [1.54, 1.807) is 0 Å². The largest absolute Gasteiger partial charge is 0.465 e. The van der Waals surface area contributed by atoms with Crippen LogP contribution in [0, 0.1) is 0 Å². The Morgan fingerprint density at radius 3 is 2.48 bits per heavy atom. The summed E-state index contributed by atoms with van der Waals surface area (Å²) in [7, 11) is 0. The molecular formula is C21H28N2O3S. The number of hydrogen-bond donors (Lipinski definition) is 2. The zero-order chi connectivity index (χ0) is 18.9. The first-order chi connectivity index (χ1) is 13.0. The fraction of sp³-hybridized carbons (Fsp3) is 0.571. The first kappa shape index (κ1) is 18.7. The molecule has 1 aromatic heterocycles. The van der Waals surface area contributed by atoms with E-state index in [1.807, 2.05) is 11.3 Å². The van der Waals surface area contributed by atoms with Gasteiger partial charge in [-0.15, -0.1) is 11.3 Å². The molecule has 27 heavy (non-hydrogen) atoms. The number of nitrogens with zero attached hydrogens (tertiary/aromatic N) is 2. The Bertz CT molecular complexity index is 759. The molecule has 0 bridgehead atoms. The van der Waals surface area contributed by atoms with E-state index in [9.17, 15) is 15.0 Å². The van der Waals surface area contributed by atoms with Gasteiger partial charge < -0.3 is 15.1 Å². The van der Waals surface area contributed by atoms with E-state index in [-0.39, 0.29) is 6.04 Å². The summed E-state index contributed by atoms with van der Waals surface area (Å²) in [4.78, 5) is 16.4. The number of thiophene rings is 1. The highest BCUT2D eigenvalue weighted by atomic mass is 32.1. The summed E-state index contributed by atoms with van der Waals surface area (Å²) in [6, 6.07) is 10.8. The molecule has 1 aliphatic heterocycles. The third-order valence-electron chi connectivity index (χ3n) is 6.16. The van der Waals surface area contributed by atoms with Crippen LogP contribution in [0.2, 0.25) is 0 Å². The quantitative estimate of drug-likeness (QED) is 0.819. The van der Waals surface area contributed by atoms with Crippen molar-refractivity contribution in [2.75, 3.05) is 26.2 Å². The van der Waals surface area contributed by atoms with Crippen LogP contribution in [0.4, 0.5) is 4.79 Å². The van der Waals surface area contributed by atoms with E-state index in [0.29, 0.717) is 13.1 Å². The molecule has 2 heterocycles. The second-order valence-corrected chi connectivity index (χ2v) is 9.11. The number of piperazine rings is 1. The molecule has 1 aromatic carbocycles. The monoisotopic (exact) mass is 388 g/mol. The number of rotatable bonds is 4.